The number of halogens is 1. The van der Waals surface area contributed by atoms with Gasteiger partial charge >= 0.3 is 11.9 Å². The molecule has 1 aromatic rings. The molecule has 0 fully saturated rings. The lowest BCUT2D eigenvalue weighted by molar-refractivity contribution is -0.142. The van der Waals surface area contributed by atoms with Gasteiger partial charge in [-0.1, -0.05) is 12.1 Å². The van der Waals surface area contributed by atoms with Gasteiger partial charge in [-0.2, -0.15) is 0 Å². The van der Waals surface area contributed by atoms with Gasteiger partial charge in [0.25, 0.3) is 0 Å². The molecule has 5 nitrogen and oxygen atoms in total. The summed E-state index contributed by atoms with van der Waals surface area (Å²) in [6.45, 7) is 0. The average Bonchev–Trinajstić information content (AvgIpc) is 2.37. The molecule has 1 rings (SSSR count). The molecule has 0 aliphatic heterocycles. The highest BCUT2D eigenvalue weighted by atomic mass is 35.5. The fraction of sp³-hybridized carbons (Fsp3) is 0.333. The summed E-state index contributed by atoms with van der Waals surface area (Å²) in [4.78, 5) is 22.4. The van der Waals surface area contributed by atoms with E-state index < -0.39 is 18.0 Å². The average molecular weight is 274 g/mol. The van der Waals surface area contributed by atoms with Crippen LogP contribution in [0.25, 0.3) is 0 Å². The van der Waals surface area contributed by atoms with Crippen LogP contribution in [0.4, 0.5) is 0 Å². The molecule has 2 N–H and O–H groups in total. The first-order valence-corrected chi connectivity index (χ1v) is 5.09. The Hall–Kier alpha value is -1.59. The van der Waals surface area contributed by atoms with Gasteiger partial charge in [-0.25, -0.2) is 4.79 Å². The molecule has 1 atom stereocenters. The summed E-state index contributed by atoms with van der Waals surface area (Å²) < 4.78 is 9.13. The van der Waals surface area contributed by atoms with Gasteiger partial charge in [-0.05, 0) is 24.1 Å². The van der Waals surface area contributed by atoms with E-state index in [0.717, 1.165) is 5.56 Å². The van der Waals surface area contributed by atoms with Crippen molar-refractivity contribution in [1.29, 1.82) is 0 Å². The molecule has 0 aromatic heterocycles. The van der Waals surface area contributed by atoms with Crippen LogP contribution < -0.4 is 5.73 Å². The van der Waals surface area contributed by atoms with Crippen molar-refractivity contribution in [2.45, 2.75) is 12.5 Å². The fourth-order valence-corrected chi connectivity index (χ4v) is 1.43. The second-order valence-corrected chi connectivity index (χ2v) is 3.53. The van der Waals surface area contributed by atoms with E-state index in [0.29, 0.717) is 12.0 Å². The number of nitrogens with two attached hydrogens (primary N) is 1. The number of ether oxygens (including phenoxy) is 2. The Balaban J connectivity index is 0.00000289. The lowest BCUT2D eigenvalue weighted by Gasteiger charge is -2.09. The first-order chi connectivity index (χ1) is 8.08. The largest absolute Gasteiger partial charge is 0.468 e. The monoisotopic (exact) mass is 273 g/mol. The molecule has 0 amide bonds. The van der Waals surface area contributed by atoms with Crippen LogP contribution in [0.15, 0.2) is 24.3 Å². The van der Waals surface area contributed by atoms with Crippen LogP contribution in [0.5, 0.6) is 0 Å². The van der Waals surface area contributed by atoms with Crippen molar-refractivity contribution in [3.8, 4) is 0 Å². The van der Waals surface area contributed by atoms with Crippen LogP contribution in [0.1, 0.15) is 15.9 Å². The molecule has 0 saturated heterocycles. The minimum Gasteiger partial charge on any atom is -0.468 e. The fourth-order valence-electron chi connectivity index (χ4n) is 1.43. The van der Waals surface area contributed by atoms with E-state index in [2.05, 4.69) is 9.47 Å². The minimum absolute atomic E-state index is 0. The normalized spacial score (nSPS) is 11.1. The van der Waals surface area contributed by atoms with Crippen molar-refractivity contribution < 1.29 is 19.1 Å². The van der Waals surface area contributed by atoms with Gasteiger partial charge in [-0.15, -0.1) is 12.4 Å². The van der Waals surface area contributed by atoms with Gasteiger partial charge in [0.15, 0.2) is 0 Å². The van der Waals surface area contributed by atoms with Crippen molar-refractivity contribution in [2.24, 2.45) is 5.73 Å². The second kappa shape index (κ2) is 7.68. The zero-order chi connectivity index (χ0) is 12.8. The highest BCUT2D eigenvalue weighted by Crippen LogP contribution is 2.08. The molecule has 0 aliphatic carbocycles. The molecule has 100 valence electrons. The SMILES string of the molecule is COC(=O)c1cccc(C[C@H](N)C(=O)OC)c1.Cl. The summed E-state index contributed by atoms with van der Waals surface area (Å²) in [6, 6.07) is 6.06. The molecule has 0 unspecified atom stereocenters. The van der Waals surface area contributed by atoms with Gasteiger partial charge in [0.1, 0.15) is 6.04 Å². The molecular formula is C12H16ClNO4. The molecule has 6 heteroatoms. The Labute approximate surface area is 112 Å². The quantitative estimate of drug-likeness (QED) is 0.826. The van der Waals surface area contributed by atoms with E-state index >= 15 is 0 Å². The number of esters is 2. The predicted octanol–water partition coefficient (Wildman–Crippen LogP) is 0.938. The van der Waals surface area contributed by atoms with Crippen LogP contribution in [0.2, 0.25) is 0 Å². The third kappa shape index (κ3) is 4.35. The van der Waals surface area contributed by atoms with E-state index in [-0.39, 0.29) is 12.4 Å². The highest BCUT2D eigenvalue weighted by Gasteiger charge is 2.15. The van der Waals surface area contributed by atoms with Crippen LogP contribution in [-0.2, 0) is 20.7 Å². The van der Waals surface area contributed by atoms with Crippen molar-refractivity contribution in [3.63, 3.8) is 0 Å². The van der Waals surface area contributed by atoms with E-state index in [1.54, 1.807) is 24.3 Å². The summed E-state index contributed by atoms with van der Waals surface area (Å²) in [7, 11) is 2.60. The smallest absolute Gasteiger partial charge is 0.337 e. The van der Waals surface area contributed by atoms with Crippen molar-refractivity contribution >= 4 is 24.3 Å². The third-order valence-corrected chi connectivity index (χ3v) is 2.31. The number of carbonyl (C=O) groups excluding carboxylic acids is 2. The Kier molecular flexibility index (Phi) is 7.00. The lowest BCUT2D eigenvalue weighted by Crippen LogP contribution is -2.33. The Morgan fingerprint density at radius 2 is 1.94 bits per heavy atom. The predicted molar refractivity (Wildman–Crippen MR) is 68.7 cm³/mol. The molecule has 0 aliphatic rings. The second-order valence-electron chi connectivity index (χ2n) is 3.53. The summed E-state index contributed by atoms with van der Waals surface area (Å²) in [5.74, 6) is -0.896. The number of methoxy groups -OCH3 is 2. The first kappa shape index (κ1) is 16.4. The molecule has 0 radical (unpaired) electrons. The maximum atomic E-state index is 11.3. The summed E-state index contributed by atoms with van der Waals surface area (Å²) in [6.07, 6.45) is 0.317. The molecule has 0 heterocycles. The number of hydrogen-bond acceptors (Lipinski definition) is 5. The minimum atomic E-state index is -0.729. The zero-order valence-corrected chi connectivity index (χ0v) is 11.0. The number of hydrogen-bond donors (Lipinski definition) is 1. The maximum Gasteiger partial charge on any atom is 0.337 e. The van der Waals surface area contributed by atoms with Gasteiger partial charge in [0.05, 0.1) is 19.8 Å². The number of rotatable bonds is 4. The standard InChI is InChI=1S/C12H15NO4.ClH/c1-16-11(14)9-5-3-4-8(6-9)7-10(13)12(15)17-2;/h3-6,10H,7,13H2,1-2H3;1H/t10-;/m0./s1. The summed E-state index contributed by atoms with van der Waals surface area (Å²) >= 11 is 0. The molecule has 0 spiro atoms. The third-order valence-electron chi connectivity index (χ3n) is 2.31. The van der Waals surface area contributed by atoms with Gasteiger partial charge < -0.3 is 15.2 Å². The van der Waals surface area contributed by atoms with Crippen molar-refractivity contribution in [1.82, 2.24) is 0 Å². The van der Waals surface area contributed by atoms with Crippen LogP contribution in [-0.4, -0.2) is 32.2 Å². The lowest BCUT2D eigenvalue weighted by atomic mass is 10.0. The van der Waals surface area contributed by atoms with E-state index in [1.165, 1.54) is 14.2 Å². The highest BCUT2D eigenvalue weighted by molar-refractivity contribution is 5.89. The van der Waals surface area contributed by atoms with Gasteiger partial charge in [0.2, 0.25) is 0 Å². The van der Waals surface area contributed by atoms with E-state index in [4.69, 9.17) is 5.73 Å². The molecular weight excluding hydrogens is 258 g/mol. The van der Waals surface area contributed by atoms with Crippen molar-refractivity contribution in [2.75, 3.05) is 14.2 Å². The number of benzene rings is 1. The van der Waals surface area contributed by atoms with Gasteiger partial charge in [0, 0.05) is 0 Å². The Morgan fingerprint density at radius 1 is 1.28 bits per heavy atom. The van der Waals surface area contributed by atoms with Gasteiger partial charge in [-0.3, -0.25) is 4.79 Å². The first-order valence-electron chi connectivity index (χ1n) is 5.09. The van der Waals surface area contributed by atoms with Crippen LogP contribution in [0.3, 0.4) is 0 Å². The van der Waals surface area contributed by atoms with Crippen LogP contribution in [0, 0.1) is 0 Å². The zero-order valence-electron chi connectivity index (χ0n) is 10.2. The molecule has 0 saturated carbocycles. The van der Waals surface area contributed by atoms with E-state index in [9.17, 15) is 9.59 Å². The topological polar surface area (TPSA) is 78.6 Å². The molecule has 1 aromatic carbocycles. The summed E-state index contributed by atoms with van der Waals surface area (Å²) in [5.41, 5.74) is 6.84. The van der Waals surface area contributed by atoms with Crippen molar-refractivity contribution in [3.05, 3.63) is 35.4 Å². The summed E-state index contributed by atoms with van der Waals surface area (Å²) in [5, 5.41) is 0. The van der Waals surface area contributed by atoms with Crippen LogP contribution >= 0.6 is 12.4 Å². The van der Waals surface area contributed by atoms with E-state index in [1.807, 2.05) is 0 Å². The molecule has 0 bridgehead atoms. The number of carbonyl (C=O) groups is 2. The molecule has 18 heavy (non-hydrogen) atoms. The Morgan fingerprint density at radius 3 is 2.50 bits per heavy atom. The Bertz CT molecular complexity index is 422. The maximum absolute atomic E-state index is 11.3.